The molecule has 3 heteroatoms. The Morgan fingerprint density at radius 2 is 1.76 bits per heavy atom. The normalized spacial score (nSPS) is 34.1. The highest BCUT2D eigenvalue weighted by Crippen LogP contribution is 2.38. The minimum absolute atomic E-state index is 0.0561. The predicted molar refractivity (Wildman–Crippen MR) is 69.1 cm³/mol. The summed E-state index contributed by atoms with van der Waals surface area (Å²) in [4.78, 5) is 0. The van der Waals surface area contributed by atoms with Gasteiger partial charge in [0, 0.05) is 12.6 Å². The number of nitrogens with one attached hydrogen (secondary N) is 1. The van der Waals surface area contributed by atoms with Crippen molar-refractivity contribution >= 4 is 0 Å². The summed E-state index contributed by atoms with van der Waals surface area (Å²) in [6.45, 7) is 9.26. The molecule has 1 aliphatic heterocycles. The second-order valence-electron chi connectivity index (χ2n) is 7.03. The van der Waals surface area contributed by atoms with E-state index in [1.54, 1.807) is 0 Å². The molecule has 1 unspecified atom stereocenters. The van der Waals surface area contributed by atoms with Crippen LogP contribution in [0.5, 0.6) is 0 Å². The molecule has 0 radical (unpaired) electrons. The van der Waals surface area contributed by atoms with E-state index >= 15 is 0 Å². The van der Waals surface area contributed by atoms with Gasteiger partial charge in [-0.25, -0.2) is 0 Å². The molecular formula is C14H27NO2. The van der Waals surface area contributed by atoms with Gasteiger partial charge in [-0.15, -0.1) is 0 Å². The molecule has 0 spiro atoms. The van der Waals surface area contributed by atoms with Crippen molar-refractivity contribution in [2.24, 2.45) is 0 Å². The van der Waals surface area contributed by atoms with Crippen LogP contribution in [0, 0.1) is 0 Å². The highest BCUT2D eigenvalue weighted by Gasteiger charge is 2.46. The Balaban J connectivity index is 1.91. The molecule has 1 heterocycles. The lowest BCUT2D eigenvalue weighted by Crippen LogP contribution is -2.49. The molecule has 100 valence electrons. The molecule has 17 heavy (non-hydrogen) atoms. The van der Waals surface area contributed by atoms with Gasteiger partial charge in [0.2, 0.25) is 0 Å². The monoisotopic (exact) mass is 241 g/mol. The molecule has 2 N–H and O–H groups in total. The van der Waals surface area contributed by atoms with Gasteiger partial charge in [0.15, 0.2) is 0 Å². The van der Waals surface area contributed by atoms with E-state index in [1.807, 2.05) is 0 Å². The zero-order valence-corrected chi connectivity index (χ0v) is 11.7. The van der Waals surface area contributed by atoms with Crippen molar-refractivity contribution in [3.05, 3.63) is 0 Å². The van der Waals surface area contributed by atoms with Crippen molar-refractivity contribution in [2.45, 2.75) is 82.6 Å². The first-order valence-electron chi connectivity index (χ1n) is 6.89. The maximum atomic E-state index is 10.3. The quantitative estimate of drug-likeness (QED) is 0.796. The molecule has 2 aliphatic rings. The average molecular weight is 241 g/mol. The van der Waals surface area contributed by atoms with Gasteiger partial charge in [0.05, 0.1) is 16.8 Å². The van der Waals surface area contributed by atoms with Crippen LogP contribution in [0.15, 0.2) is 0 Å². The fourth-order valence-electron chi connectivity index (χ4n) is 3.40. The summed E-state index contributed by atoms with van der Waals surface area (Å²) in [6.07, 6.45) is 5.22. The molecule has 1 atom stereocenters. The third-order valence-corrected chi connectivity index (χ3v) is 4.29. The van der Waals surface area contributed by atoms with Crippen LogP contribution in [-0.2, 0) is 4.74 Å². The third kappa shape index (κ3) is 3.01. The SMILES string of the molecule is CC1(C)CC(NCC2(O)CCCC2)C(C)(C)O1. The predicted octanol–water partition coefficient (Wildman–Crippen LogP) is 2.23. The van der Waals surface area contributed by atoms with Crippen LogP contribution in [-0.4, -0.2) is 34.5 Å². The summed E-state index contributed by atoms with van der Waals surface area (Å²) in [5.74, 6) is 0. The largest absolute Gasteiger partial charge is 0.389 e. The highest BCUT2D eigenvalue weighted by molar-refractivity contribution is 5.00. The standard InChI is InChI=1S/C14H27NO2/c1-12(2)9-11(13(3,4)17-12)15-10-14(16)7-5-6-8-14/h11,15-16H,5-10H2,1-4H3. The fraction of sp³-hybridized carbons (Fsp3) is 1.00. The van der Waals surface area contributed by atoms with Crippen molar-refractivity contribution in [3.8, 4) is 0 Å². The molecule has 0 aromatic rings. The van der Waals surface area contributed by atoms with E-state index in [4.69, 9.17) is 4.74 Å². The van der Waals surface area contributed by atoms with Gasteiger partial charge in [0.25, 0.3) is 0 Å². The Morgan fingerprint density at radius 3 is 2.24 bits per heavy atom. The molecule has 1 saturated heterocycles. The lowest BCUT2D eigenvalue weighted by Gasteiger charge is -2.31. The second kappa shape index (κ2) is 4.22. The summed E-state index contributed by atoms with van der Waals surface area (Å²) in [7, 11) is 0. The lowest BCUT2D eigenvalue weighted by molar-refractivity contribution is -0.0711. The van der Waals surface area contributed by atoms with Crippen molar-refractivity contribution in [1.82, 2.24) is 5.32 Å². The molecular weight excluding hydrogens is 214 g/mol. The van der Waals surface area contributed by atoms with Gasteiger partial charge in [-0.2, -0.15) is 0 Å². The first kappa shape index (κ1) is 13.3. The average Bonchev–Trinajstić information content (AvgIpc) is 2.65. The van der Waals surface area contributed by atoms with Gasteiger partial charge in [0.1, 0.15) is 0 Å². The molecule has 2 fully saturated rings. The number of ether oxygens (including phenoxy) is 1. The van der Waals surface area contributed by atoms with E-state index in [2.05, 4.69) is 33.0 Å². The maximum absolute atomic E-state index is 10.3. The smallest absolute Gasteiger partial charge is 0.0787 e. The molecule has 0 aromatic heterocycles. The Bertz CT molecular complexity index is 280. The number of rotatable bonds is 3. The summed E-state index contributed by atoms with van der Waals surface area (Å²) < 4.78 is 6.05. The Kier molecular flexibility index (Phi) is 3.30. The molecule has 2 rings (SSSR count). The minimum atomic E-state index is -0.469. The van der Waals surface area contributed by atoms with Gasteiger partial charge in [-0.1, -0.05) is 12.8 Å². The summed E-state index contributed by atoms with van der Waals surface area (Å²) in [5.41, 5.74) is -0.666. The van der Waals surface area contributed by atoms with Gasteiger partial charge in [-0.3, -0.25) is 0 Å². The van der Waals surface area contributed by atoms with Crippen LogP contribution in [0.4, 0.5) is 0 Å². The molecule has 1 saturated carbocycles. The van der Waals surface area contributed by atoms with Crippen molar-refractivity contribution in [2.75, 3.05) is 6.54 Å². The molecule has 3 nitrogen and oxygen atoms in total. The van der Waals surface area contributed by atoms with E-state index in [-0.39, 0.29) is 11.2 Å². The zero-order chi connectivity index (χ0) is 12.7. The zero-order valence-electron chi connectivity index (χ0n) is 11.7. The lowest BCUT2D eigenvalue weighted by atomic mass is 9.93. The van der Waals surface area contributed by atoms with Gasteiger partial charge >= 0.3 is 0 Å². The van der Waals surface area contributed by atoms with Crippen LogP contribution in [0.3, 0.4) is 0 Å². The Labute approximate surface area is 105 Å². The van der Waals surface area contributed by atoms with E-state index in [0.717, 1.165) is 32.1 Å². The maximum Gasteiger partial charge on any atom is 0.0787 e. The van der Waals surface area contributed by atoms with Crippen LogP contribution in [0.25, 0.3) is 0 Å². The Hall–Kier alpha value is -0.120. The second-order valence-corrected chi connectivity index (χ2v) is 7.03. The Morgan fingerprint density at radius 1 is 1.18 bits per heavy atom. The summed E-state index contributed by atoms with van der Waals surface area (Å²) in [6, 6.07) is 0.335. The topological polar surface area (TPSA) is 41.5 Å². The highest BCUT2D eigenvalue weighted by atomic mass is 16.5. The fourth-order valence-corrected chi connectivity index (χ4v) is 3.40. The van der Waals surface area contributed by atoms with E-state index in [1.165, 1.54) is 0 Å². The van der Waals surface area contributed by atoms with Gasteiger partial charge in [-0.05, 0) is 47.0 Å². The van der Waals surface area contributed by atoms with Gasteiger partial charge < -0.3 is 15.2 Å². The summed E-state index contributed by atoms with van der Waals surface area (Å²) >= 11 is 0. The molecule has 1 aliphatic carbocycles. The summed E-state index contributed by atoms with van der Waals surface area (Å²) in [5, 5.41) is 13.9. The molecule has 0 amide bonds. The molecule has 0 aromatic carbocycles. The van der Waals surface area contributed by atoms with Crippen LogP contribution < -0.4 is 5.32 Å². The third-order valence-electron chi connectivity index (χ3n) is 4.29. The van der Waals surface area contributed by atoms with Crippen molar-refractivity contribution in [3.63, 3.8) is 0 Å². The van der Waals surface area contributed by atoms with Crippen molar-refractivity contribution < 1.29 is 9.84 Å². The van der Waals surface area contributed by atoms with E-state index in [9.17, 15) is 5.11 Å². The number of aliphatic hydroxyl groups is 1. The van der Waals surface area contributed by atoms with E-state index in [0.29, 0.717) is 12.6 Å². The van der Waals surface area contributed by atoms with Crippen LogP contribution >= 0.6 is 0 Å². The first-order chi connectivity index (χ1) is 7.73. The first-order valence-corrected chi connectivity index (χ1v) is 6.89. The van der Waals surface area contributed by atoms with Crippen molar-refractivity contribution in [1.29, 1.82) is 0 Å². The minimum Gasteiger partial charge on any atom is -0.389 e. The van der Waals surface area contributed by atoms with E-state index < -0.39 is 5.60 Å². The number of hydrogen-bond acceptors (Lipinski definition) is 3. The van der Waals surface area contributed by atoms with Crippen LogP contribution in [0.2, 0.25) is 0 Å². The number of hydrogen-bond donors (Lipinski definition) is 2. The van der Waals surface area contributed by atoms with Crippen LogP contribution in [0.1, 0.15) is 59.8 Å². The molecule has 0 bridgehead atoms.